The summed E-state index contributed by atoms with van der Waals surface area (Å²) in [5, 5.41) is 6.20. The summed E-state index contributed by atoms with van der Waals surface area (Å²) in [7, 11) is 0. The first-order valence-corrected chi connectivity index (χ1v) is 9.85. The van der Waals surface area contributed by atoms with Crippen LogP contribution in [0.15, 0.2) is 93.8 Å². The quantitative estimate of drug-likeness (QED) is 0.611. The highest BCUT2D eigenvalue weighted by Gasteiger charge is 2.43. The fourth-order valence-electron chi connectivity index (χ4n) is 4.02. The summed E-state index contributed by atoms with van der Waals surface area (Å²) in [5.74, 6) is -0.253. The maximum absolute atomic E-state index is 13.4. The molecule has 3 nitrogen and oxygen atoms in total. The molecule has 3 aromatic rings. The Morgan fingerprint density at radius 1 is 0.778 bits per heavy atom. The highest BCUT2D eigenvalue weighted by molar-refractivity contribution is 7.99. The molecule has 0 bridgehead atoms. The van der Waals surface area contributed by atoms with Gasteiger partial charge in [0.15, 0.2) is 0 Å². The molecule has 0 fully saturated rings. The summed E-state index contributed by atoms with van der Waals surface area (Å²) < 4.78 is 0. The van der Waals surface area contributed by atoms with Gasteiger partial charge in [-0.15, -0.1) is 0 Å². The molecule has 1 amide bonds. The third-order valence-electron chi connectivity index (χ3n) is 5.24. The third kappa shape index (κ3) is 2.60. The fraction of sp³-hybridized carbons (Fsp3) is 0.130. The van der Waals surface area contributed by atoms with Crippen LogP contribution in [0.4, 0.5) is 5.69 Å². The number of hydrazone groups is 1. The number of hydrogen-bond acceptors (Lipinski definition) is 3. The molecule has 0 radical (unpaired) electrons. The minimum Gasteiger partial charge on any atom is -0.272 e. The first-order chi connectivity index (χ1) is 13.2. The summed E-state index contributed by atoms with van der Waals surface area (Å²) >= 11 is 1.78. The van der Waals surface area contributed by atoms with Crippen molar-refractivity contribution in [2.45, 2.75) is 22.6 Å². The smallest absolute Gasteiger partial charge is 0.257 e. The van der Waals surface area contributed by atoms with Crippen molar-refractivity contribution in [2.24, 2.45) is 11.0 Å². The van der Waals surface area contributed by atoms with Crippen molar-refractivity contribution in [3.8, 4) is 0 Å². The molecule has 2 aliphatic heterocycles. The lowest BCUT2D eigenvalue weighted by Gasteiger charge is -2.31. The second kappa shape index (κ2) is 6.39. The van der Waals surface area contributed by atoms with Crippen LogP contribution in [-0.4, -0.2) is 11.6 Å². The molecule has 5 rings (SSSR count). The van der Waals surface area contributed by atoms with Crippen molar-refractivity contribution in [2.75, 3.05) is 5.01 Å². The van der Waals surface area contributed by atoms with E-state index in [1.165, 1.54) is 20.9 Å². The van der Waals surface area contributed by atoms with Crippen LogP contribution < -0.4 is 5.01 Å². The van der Waals surface area contributed by atoms with Crippen molar-refractivity contribution in [1.29, 1.82) is 0 Å². The first kappa shape index (κ1) is 16.3. The average Bonchev–Trinajstić information content (AvgIpc) is 3.01. The highest BCUT2D eigenvalue weighted by Crippen LogP contribution is 2.50. The monoisotopic (exact) mass is 370 g/mol. The number of anilines is 1. The van der Waals surface area contributed by atoms with Gasteiger partial charge in [-0.3, -0.25) is 4.79 Å². The normalized spacial score (nSPS) is 18.9. The van der Waals surface area contributed by atoms with Crippen LogP contribution in [0.1, 0.15) is 24.0 Å². The average molecular weight is 370 g/mol. The van der Waals surface area contributed by atoms with E-state index < -0.39 is 0 Å². The minimum atomic E-state index is -0.284. The number of fused-ring (bicyclic) bond motifs is 2. The second-order valence-electron chi connectivity index (χ2n) is 6.86. The van der Waals surface area contributed by atoms with E-state index in [-0.39, 0.29) is 17.7 Å². The van der Waals surface area contributed by atoms with E-state index >= 15 is 0 Å². The Morgan fingerprint density at radius 2 is 1.33 bits per heavy atom. The summed E-state index contributed by atoms with van der Waals surface area (Å²) in [6.07, 6.45) is 0. The molecule has 1 unspecified atom stereocenters. The molecule has 1 atom stereocenters. The SMILES string of the molecule is CC1=NN(c2ccccc2)C(=O)C1C1c2ccccc2Sc2ccccc21. The van der Waals surface area contributed by atoms with Crippen LogP contribution in [0.2, 0.25) is 0 Å². The van der Waals surface area contributed by atoms with Gasteiger partial charge in [-0.05, 0) is 42.3 Å². The Bertz CT molecular complexity index is 1020. The lowest BCUT2D eigenvalue weighted by atomic mass is 9.78. The minimum absolute atomic E-state index is 0.0105. The molecule has 132 valence electrons. The molecule has 2 aliphatic rings. The molecule has 0 saturated heterocycles. The lowest BCUT2D eigenvalue weighted by molar-refractivity contribution is -0.120. The van der Waals surface area contributed by atoms with Crippen molar-refractivity contribution in [3.63, 3.8) is 0 Å². The van der Waals surface area contributed by atoms with Gasteiger partial charge in [-0.1, -0.05) is 66.4 Å². The summed E-state index contributed by atoms with van der Waals surface area (Å²) in [6.45, 7) is 1.97. The molecule has 4 heteroatoms. The van der Waals surface area contributed by atoms with Gasteiger partial charge in [-0.2, -0.15) is 5.10 Å². The molecule has 0 aliphatic carbocycles. The maximum atomic E-state index is 13.4. The number of amides is 1. The van der Waals surface area contributed by atoms with Gasteiger partial charge >= 0.3 is 0 Å². The molecule has 0 aromatic heterocycles. The molecule has 0 N–H and O–H groups in total. The van der Waals surface area contributed by atoms with Crippen molar-refractivity contribution < 1.29 is 4.79 Å². The predicted octanol–water partition coefficient (Wildman–Crippen LogP) is 5.32. The third-order valence-corrected chi connectivity index (χ3v) is 6.43. The first-order valence-electron chi connectivity index (χ1n) is 9.04. The Kier molecular flexibility index (Phi) is 3.87. The summed E-state index contributed by atoms with van der Waals surface area (Å²) in [4.78, 5) is 15.9. The number of nitrogens with zero attached hydrogens (tertiary/aromatic N) is 2. The number of para-hydroxylation sites is 1. The largest absolute Gasteiger partial charge is 0.272 e. The Balaban J connectivity index is 1.63. The lowest BCUT2D eigenvalue weighted by Crippen LogP contribution is -2.33. The number of hydrogen-bond donors (Lipinski definition) is 0. The summed E-state index contributed by atoms with van der Waals surface area (Å²) in [5.41, 5.74) is 4.11. The van der Waals surface area contributed by atoms with Crippen LogP contribution in [0.5, 0.6) is 0 Å². The molecule has 27 heavy (non-hydrogen) atoms. The zero-order valence-corrected chi connectivity index (χ0v) is 15.7. The number of benzene rings is 3. The predicted molar refractivity (Wildman–Crippen MR) is 109 cm³/mol. The van der Waals surface area contributed by atoms with Gasteiger partial charge in [0.2, 0.25) is 0 Å². The molecular formula is C23H18N2OS. The van der Waals surface area contributed by atoms with Crippen LogP contribution >= 0.6 is 11.8 Å². The molecule has 0 saturated carbocycles. The standard InChI is InChI=1S/C23H18N2OS/c1-15-21(23(26)25(24-15)16-9-3-2-4-10-16)22-17-11-5-7-13-19(17)27-20-14-8-6-12-18(20)22/h2-14,21-22H,1H3. The molecule has 3 aromatic carbocycles. The van der Waals surface area contributed by atoms with Crippen LogP contribution in [0.3, 0.4) is 0 Å². The van der Waals surface area contributed by atoms with E-state index in [1.807, 2.05) is 37.3 Å². The van der Waals surface area contributed by atoms with Crippen molar-refractivity contribution >= 4 is 29.1 Å². The second-order valence-corrected chi connectivity index (χ2v) is 7.94. The topological polar surface area (TPSA) is 32.7 Å². The maximum Gasteiger partial charge on any atom is 0.257 e. The Morgan fingerprint density at radius 3 is 1.96 bits per heavy atom. The van der Waals surface area contributed by atoms with E-state index in [9.17, 15) is 4.79 Å². The van der Waals surface area contributed by atoms with Gasteiger partial charge in [0.25, 0.3) is 5.91 Å². The van der Waals surface area contributed by atoms with Crippen molar-refractivity contribution in [3.05, 3.63) is 90.0 Å². The van der Waals surface area contributed by atoms with Gasteiger partial charge in [0, 0.05) is 21.4 Å². The van der Waals surface area contributed by atoms with Crippen LogP contribution in [-0.2, 0) is 4.79 Å². The number of carbonyl (C=O) groups is 1. The zero-order valence-electron chi connectivity index (χ0n) is 14.9. The van der Waals surface area contributed by atoms with Crippen LogP contribution in [0.25, 0.3) is 0 Å². The van der Waals surface area contributed by atoms with E-state index in [1.54, 1.807) is 16.8 Å². The van der Waals surface area contributed by atoms with Gasteiger partial charge in [-0.25, -0.2) is 5.01 Å². The Hall–Kier alpha value is -2.85. The van der Waals surface area contributed by atoms with Crippen molar-refractivity contribution in [1.82, 2.24) is 0 Å². The van der Waals surface area contributed by atoms with Gasteiger partial charge in [0.05, 0.1) is 11.6 Å². The van der Waals surface area contributed by atoms with Gasteiger partial charge < -0.3 is 0 Å². The number of carbonyl (C=O) groups excluding carboxylic acids is 1. The van der Waals surface area contributed by atoms with E-state index in [4.69, 9.17) is 0 Å². The number of rotatable bonds is 2. The van der Waals surface area contributed by atoms with Gasteiger partial charge in [0.1, 0.15) is 0 Å². The van der Waals surface area contributed by atoms with E-state index in [0.717, 1.165) is 11.4 Å². The zero-order chi connectivity index (χ0) is 18.4. The fourth-order valence-corrected chi connectivity index (χ4v) is 5.18. The molecular weight excluding hydrogens is 352 g/mol. The molecule has 2 heterocycles. The Labute approximate surface area is 162 Å². The van der Waals surface area contributed by atoms with Crippen LogP contribution in [0, 0.1) is 5.92 Å². The summed E-state index contributed by atoms with van der Waals surface area (Å²) in [6, 6.07) is 26.5. The van der Waals surface area contributed by atoms with E-state index in [2.05, 4.69) is 53.6 Å². The highest BCUT2D eigenvalue weighted by atomic mass is 32.2. The van der Waals surface area contributed by atoms with E-state index in [0.29, 0.717) is 0 Å². The molecule has 0 spiro atoms.